The van der Waals surface area contributed by atoms with E-state index in [9.17, 15) is 9.18 Å². The van der Waals surface area contributed by atoms with Gasteiger partial charge < -0.3 is 10.0 Å². The number of carbonyl (C=O) groups is 1. The first-order valence-corrected chi connectivity index (χ1v) is 6.26. The molecule has 6 heteroatoms. The van der Waals surface area contributed by atoms with Crippen LogP contribution in [0, 0.1) is 5.82 Å². The number of fused-ring (bicyclic) bond motifs is 1. The number of likely N-dealkylation sites (tertiary alicyclic amines) is 1. The van der Waals surface area contributed by atoms with E-state index in [1.807, 2.05) is 0 Å². The van der Waals surface area contributed by atoms with Crippen molar-refractivity contribution in [2.45, 2.75) is 25.4 Å². The predicted molar refractivity (Wildman–Crippen MR) is 67.4 cm³/mol. The monoisotopic (exact) mass is 263 g/mol. The third-order valence-electron chi connectivity index (χ3n) is 3.61. The fraction of sp³-hybridized carbons (Fsp3) is 0.385. The molecule has 0 spiro atoms. The molecule has 5 nitrogen and oxygen atoms in total. The average Bonchev–Trinajstić information content (AvgIpc) is 2.97. The van der Waals surface area contributed by atoms with Crippen molar-refractivity contribution in [3.8, 4) is 0 Å². The van der Waals surface area contributed by atoms with E-state index in [1.165, 1.54) is 17.0 Å². The number of hydrogen-bond acceptors (Lipinski definition) is 2. The van der Waals surface area contributed by atoms with Crippen LogP contribution in [0.3, 0.4) is 0 Å². The van der Waals surface area contributed by atoms with E-state index in [4.69, 9.17) is 5.11 Å². The van der Waals surface area contributed by atoms with Crippen molar-refractivity contribution >= 4 is 17.0 Å². The lowest BCUT2D eigenvalue weighted by atomic mass is 10.2. The predicted octanol–water partition coefficient (Wildman–Crippen LogP) is 2.32. The number of aromatic nitrogens is 2. The van der Waals surface area contributed by atoms with Crippen LogP contribution in [0.2, 0.25) is 0 Å². The average molecular weight is 263 g/mol. The molecule has 1 atom stereocenters. The first-order valence-electron chi connectivity index (χ1n) is 6.26. The maximum atomic E-state index is 13.3. The van der Waals surface area contributed by atoms with Crippen LogP contribution in [-0.2, 0) is 6.54 Å². The van der Waals surface area contributed by atoms with Gasteiger partial charge in [0.05, 0.1) is 24.3 Å². The lowest BCUT2D eigenvalue weighted by Crippen LogP contribution is -2.37. The Labute approximate surface area is 109 Å². The van der Waals surface area contributed by atoms with E-state index < -0.39 is 6.09 Å². The minimum absolute atomic E-state index is 0.0798. The van der Waals surface area contributed by atoms with Gasteiger partial charge in [0.2, 0.25) is 0 Å². The normalized spacial score (nSPS) is 19.2. The van der Waals surface area contributed by atoms with Gasteiger partial charge in [-0.3, -0.25) is 4.68 Å². The summed E-state index contributed by atoms with van der Waals surface area (Å²) in [7, 11) is 0. The summed E-state index contributed by atoms with van der Waals surface area (Å²) in [4.78, 5) is 12.5. The molecule has 0 aliphatic carbocycles. The zero-order valence-corrected chi connectivity index (χ0v) is 10.3. The molecule has 0 saturated carbocycles. The van der Waals surface area contributed by atoms with Crippen LogP contribution in [-0.4, -0.2) is 38.5 Å². The molecule has 19 heavy (non-hydrogen) atoms. The Bertz CT molecular complexity index is 625. The van der Waals surface area contributed by atoms with Gasteiger partial charge in [-0.15, -0.1) is 0 Å². The Balaban J connectivity index is 1.89. The van der Waals surface area contributed by atoms with Gasteiger partial charge >= 0.3 is 6.09 Å². The summed E-state index contributed by atoms with van der Waals surface area (Å²) < 4.78 is 15.0. The molecule has 1 fully saturated rings. The second-order valence-corrected chi connectivity index (χ2v) is 4.80. The number of rotatable bonds is 2. The van der Waals surface area contributed by atoms with Crippen molar-refractivity contribution in [1.82, 2.24) is 14.7 Å². The molecule has 0 bridgehead atoms. The first-order chi connectivity index (χ1) is 9.15. The summed E-state index contributed by atoms with van der Waals surface area (Å²) in [5, 5.41) is 14.2. The Morgan fingerprint density at radius 2 is 2.37 bits per heavy atom. The molecule has 1 aromatic carbocycles. The van der Waals surface area contributed by atoms with Gasteiger partial charge in [0.1, 0.15) is 5.82 Å². The summed E-state index contributed by atoms with van der Waals surface area (Å²) in [6.45, 7) is 1.03. The third-order valence-corrected chi connectivity index (χ3v) is 3.61. The van der Waals surface area contributed by atoms with E-state index in [2.05, 4.69) is 5.10 Å². The van der Waals surface area contributed by atoms with Gasteiger partial charge in [-0.2, -0.15) is 5.10 Å². The molecular formula is C13H14FN3O2. The van der Waals surface area contributed by atoms with Gasteiger partial charge in [-0.05, 0) is 31.0 Å². The van der Waals surface area contributed by atoms with E-state index in [0.29, 0.717) is 18.6 Å². The van der Waals surface area contributed by atoms with E-state index in [-0.39, 0.29) is 11.9 Å². The van der Waals surface area contributed by atoms with Crippen LogP contribution in [0.25, 0.3) is 10.9 Å². The minimum atomic E-state index is -0.898. The maximum Gasteiger partial charge on any atom is 0.407 e. The van der Waals surface area contributed by atoms with Crippen LogP contribution in [0.15, 0.2) is 24.4 Å². The summed E-state index contributed by atoms with van der Waals surface area (Å²) in [6.07, 6.45) is 2.47. The second kappa shape index (κ2) is 4.53. The third kappa shape index (κ3) is 2.14. The van der Waals surface area contributed by atoms with Gasteiger partial charge in [0.15, 0.2) is 0 Å². The highest BCUT2D eigenvalue weighted by molar-refractivity contribution is 5.78. The largest absolute Gasteiger partial charge is 0.465 e. The van der Waals surface area contributed by atoms with Crippen LogP contribution in [0.5, 0.6) is 0 Å². The summed E-state index contributed by atoms with van der Waals surface area (Å²) in [6, 6.07) is 4.43. The zero-order valence-electron chi connectivity index (χ0n) is 10.3. The molecular weight excluding hydrogens is 249 g/mol. The Kier molecular flexibility index (Phi) is 2.85. The van der Waals surface area contributed by atoms with Gasteiger partial charge in [0, 0.05) is 11.9 Å². The number of carboxylic acid groups (broad SMARTS) is 1. The van der Waals surface area contributed by atoms with E-state index >= 15 is 0 Å². The van der Waals surface area contributed by atoms with Crippen LogP contribution >= 0.6 is 0 Å². The first kappa shape index (κ1) is 12.0. The van der Waals surface area contributed by atoms with Crippen molar-refractivity contribution in [3.05, 3.63) is 30.2 Å². The topological polar surface area (TPSA) is 58.4 Å². The highest BCUT2D eigenvalue weighted by atomic mass is 19.1. The standard InChI is InChI=1S/C13H14FN3O2/c14-10-4-3-9-7-15-17(12(9)6-10)8-11-2-1-5-16(11)13(18)19/h3-4,6-7,11H,1-2,5,8H2,(H,18,19)/t11-/m1/s1. The lowest BCUT2D eigenvalue weighted by molar-refractivity contribution is 0.135. The van der Waals surface area contributed by atoms with E-state index in [0.717, 1.165) is 18.2 Å². The Morgan fingerprint density at radius 3 is 3.16 bits per heavy atom. The smallest absolute Gasteiger partial charge is 0.407 e. The molecule has 3 rings (SSSR count). The van der Waals surface area contributed by atoms with Crippen LogP contribution in [0.1, 0.15) is 12.8 Å². The van der Waals surface area contributed by atoms with Crippen molar-refractivity contribution in [2.24, 2.45) is 0 Å². The molecule has 1 amide bonds. The summed E-state index contributed by atoms with van der Waals surface area (Å²) in [5.41, 5.74) is 0.706. The van der Waals surface area contributed by atoms with Crippen LogP contribution in [0.4, 0.5) is 9.18 Å². The Hall–Kier alpha value is -2.11. The van der Waals surface area contributed by atoms with Gasteiger partial charge in [0.25, 0.3) is 0 Å². The number of hydrogen-bond donors (Lipinski definition) is 1. The highest BCUT2D eigenvalue weighted by Gasteiger charge is 2.29. The number of halogens is 1. The van der Waals surface area contributed by atoms with Gasteiger partial charge in [-0.25, -0.2) is 9.18 Å². The number of nitrogens with zero attached hydrogens (tertiary/aromatic N) is 3. The number of benzene rings is 1. The summed E-state index contributed by atoms with van der Waals surface area (Å²) in [5.74, 6) is -0.309. The van der Waals surface area contributed by atoms with Gasteiger partial charge in [-0.1, -0.05) is 0 Å². The zero-order chi connectivity index (χ0) is 13.4. The Morgan fingerprint density at radius 1 is 1.53 bits per heavy atom. The summed E-state index contributed by atoms with van der Waals surface area (Å²) >= 11 is 0. The molecule has 0 radical (unpaired) electrons. The van der Waals surface area contributed by atoms with Crippen LogP contribution < -0.4 is 0 Å². The van der Waals surface area contributed by atoms with Crippen molar-refractivity contribution < 1.29 is 14.3 Å². The molecule has 100 valence electrons. The number of amides is 1. The second-order valence-electron chi connectivity index (χ2n) is 4.80. The minimum Gasteiger partial charge on any atom is -0.465 e. The molecule has 2 aromatic rings. The lowest BCUT2D eigenvalue weighted by Gasteiger charge is -2.21. The fourth-order valence-electron chi connectivity index (χ4n) is 2.67. The molecule has 1 N–H and O–H groups in total. The fourth-order valence-corrected chi connectivity index (χ4v) is 2.67. The quantitative estimate of drug-likeness (QED) is 0.904. The van der Waals surface area contributed by atoms with E-state index in [1.54, 1.807) is 16.9 Å². The van der Waals surface area contributed by atoms with Crippen molar-refractivity contribution in [3.63, 3.8) is 0 Å². The van der Waals surface area contributed by atoms with Crippen molar-refractivity contribution in [1.29, 1.82) is 0 Å². The molecule has 1 saturated heterocycles. The molecule has 2 heterocycles. The molecule has 1 aliphatic heterocycles. The van der Waals surface area contributed by atoms with Crippen molar-refractivity contribution in [2.75, 3.05) is 6.54 Å². The molecule has 1 aromatic heterocycles. The SMILES string of the molecule is O=C(O)N1CCC[C@@H]1Cn1ncc2ccc(F)cc21. The highest BCUT2D eigenvalue weighted by Crippen LogP contribution is 2.21. The molecule has 1 aliphatic rings. The maximum absolute atomic E-state index is 13.3. The molecule has 0 unspecified atom stereocenters.